The molecule has 0 spiro atoms. The molecule has 106 valence electrons. The van der Waals surface area contributed by atoms with Crippen LogP contribution < -0.4 is 5.73 Å². The molecule has 1 atom stereocenters. The van der Waals surface area contributed by atoms with E-state index in [9.17, 15) is 0 Å². The highest BCUT2D eigenvalue weighted by Gasteiger charge is 2.15. The van der Waals surface area contributed by atoms with Crippen molar-refractivity contribution in [3.63, 3.8) is 0 Å². The van der Waals surface area contributed by atoms with Crippen LogP contribution in [0.2, 0.25) is 0 Å². The largest absolute Gasteiger partial charge is 0.330 e. The van der Waals surface area contributed by atoms with Crippen LogP contribution in [0.5, 0.6) is 0 Å². The summed E-state index contributed by atoms with van der Waals surface area (Å²) in [4.78, 5) is 6.56. The van der Waals surface area contributed by atoms with E-state index in [2.05, 4.69) is 59.3 Å². The predicted molar refractivity (Wildman–Crippen MR) is 83.2 cm³/mol. The molecule has 2 N–H and O–H groups in total. The maximum Gasteiger partial charge on any atom is 0.0324 e. The molecule has 2 rings (SSSR count). The number of hydrogen-bond donors (Lipinski definition) is 1. The van der Waals surface area contributed by atoms with Crippen LogP contribution in [-0.4, -0.2) is 23.0 Å². The molecule has 1 heterocycles. The Labute approximate surface area is 121 Å². The van der Waals surface area contributed by atoms with Gasteiger partial charge in [0.15, 0.2) is 0 Å². The average molecular weight is 269 g/mol. The van der Waals surface area contributed by atoms with Crippen LogP contribution in [0.15, 0.2) is 54.9 Å². The smallest absolute Gasteiger partial charge is 0.0324 e. The lowest BCUT2D eigenvalue weighted by atomic mass is 10.1. The van der Waals surface area contributed by atoms with Gasteiger partial charge in [0.1, 0.15) is 0 Å². The van der Waals surface area contributed by atoms with Crippen molar-refractivity contribution < 1.29 is 0 Å². The quantitative estimate of drug-likeness (QED) is 0.840. The summed E-state index contributed by atoms with van der Waals surface area (Å²) in [6, 6.07) is 15.1. The number of nitrogens with zero attached hydrogens (tertiary/aromatic N) is 2. The van der Waals surface area contributed by atoms with E-state index >= 15 is 0 Å². The molecule has 1 aromatic carbocycles. The fourth-order valence-electron chi connectivity index (χ4n) is 2.37. The molecule has 0 aliphatic rings. The molecule has 0 saturated heterocycles. The second kappa shape index (κ2) is 7.78. The van der Waals surface area contributed by atoms with Crippen molar-refractivity contribution in [1.82, 2.24) is 9.88 Å². The van der Waals surface area contributed by atoms with Gasteiger partial charge in [-0.3, -0.25) is 9.88 Å². The van der Waals surface area contributed by atoms with E-state index in [1.165, 1.54) is 11.1 Å². The maximum atomic E-state index is 5.67. The molecule has 20 heavy (non-hydrogen) atoms. The summed E-state index contributed by atoms with van der Waals surface area (Å²) in [5, 5.41) is 0. The lowest BCUT2D eigenvalue weighted by molar-refractivity contribution is 0.200. The Bertz CT molecular complexity index is 484. The Hall–Kier alpha value is -1.71. The summed E-state index contributed by atoms with van der Waals surface area (Å²) in [5.74, 6) is 0. The zero-order chi connectivity index (χ0) is 14.2. The van der Waals surface area contributed by atoms with Gasteiger partial charge in [-0.1, -0.05) is 30.3 Å². The van der Waals surface area contributed by atoms with Gasteiger partial charge in [0.25, 0.3) is 0 Å². The van der Waals surface area contributed by atoms with Crippen LogP contribution in [-0.2, 0) is 6.54 Å². The molecule has 0 radical (unpaired) electrons. The maximum absolute atomic E-state index is 5.67. The van der Waals surface area contributed by atoms with Crippen LogP contribution in [0, 0.1) is 0 Å². The van der Waals surface area contributed by atoms with Crippen molar-refractivity contribution in [2.24, 2.45) is 5.73 Å². The molecule has 0 saturated carbocycles. The van der Waals surface area contributed by atoms with Crippen LogP contribution in [0.25, 0.3) is 0 Å². The van der Waals surface area contributed by atoms with Crippen LogP contribution in [0.1, 0.15) is 30.5 Å². The summed E-state index contributed by atoms with van der Waals surface area (Å²) in [6.07, 6.45) is 4.73. The number of rotatable bonds is 7. The fraction of sp³-hybridized carbons (Fsp3) is 0.353. The van der Waals surface area contributed by atoms with Gasteiger partial charge in [0.05, 0.1) is 0 Å². The Balaban J connectivity index is 2.10. The highest BCUT2D eigenvalue weighted by atomic mass is 15.1. The van der Waals surface area contributed by atoms with Crippen LogP contribution >= 0.6 is 0 Å². The second-order valence-electron chi connectivity index (χ2n) is 5.05. The number of benzene rings is 1. The zero-order valence-corrected chi connectivity index (χ0v) is 12.1. The van der Waals surface area contributed by atoms with Gasteiger partial charge in [-0.05, 0) is 43.1 Å². The van der Waals surface area contributed by atoms with Gasteiger partial charge in [-0.25, -0.2) is 0 Å². The fourth-order valence-corrected chi connectivity index (χ4v) is 2.37. The van der Waals surface area contributed by atoms with E-state index < -0.39 is 0 Å². The molecule has 0 aliphatic carbocycles. The monoisotopic (exact) mass is 269 g/mol. The van der Waals surface area contributed by atoms with Crippen LogP contribution in [0.3, 0.4) is 0 Å². The molecule has 2 aromatic rings. The minimum absolute atomic E-state index is 0.366. The number of hydrogen-bond acceptors (Lipinski definition) is 3. The summed E-state index contributed by atoms with van der Waals surface area (Å²) in [6.45, 7) is 4.93. The summed E-state index contributed by atoms with van der Waals surface area (Å²) >= 11 is 0. The van der Waals surface area contributed by atoms with Crippen molar-refractivity contribution in [3.05, 3.63) is 66.0 Å². The normalized spacial score (nSPS) is 12.6. The number of pyridine rings is 1. The van der Waals surface area contributed by atoms with Gasteiger partial charge in [0, 0.05) is 31.5 Å². The first-order valence-corrected chi connectivity index (χ1v) is 7.19. The molecule has 0 bridgehead atoms. The molecule has 1 aromatic heterocycles. The Morgan fingerprint density at radius 2 is 1.80 bits per heavy atom. The third-order valence-corrected chi connectivity index (χ3v) is 3.61. The minimum atomic E-state index is 0.366. The highest BCUT2D eigenvalue weighted by molar-refractivity contribution is 5.17. The highest BCUT2D eigenvalue weighted by Crippen LogP contribution is 2.21. The van der Waals surface area contributed by atoms with E-state index in [0.717, 1.165) is 26.1 Å². The van der Waals surface area contributed by atoms with Gasteiger partial charge in [-0.15, -0.1) is 0 Å². The van der Waals surface area contributed by atoms with E-state index in [4.69, 9.17) is 5.73 Å². The molecule has 1 unspecified atom stereocenters. The second-order valence-corrected chi connectivity index (χ2v) is 5.05. The SMILES string of the molecule is CC(c1ccncc1)N(CCCN)Cc1ccccc1. The minimum Gasteiger partial charge on any atom is -0.330 e. The molecule has 0 aliphatic heterocycles. The standard InChI is InChI=1S/C17H23N3/c1-15(17-8-11-19-12-9-17)20(13-5-10-18)14-16-6-3-2-4-7-16/h2-4,6-9,11-12,15H,5,10,13-14,18H2,1H3. The molecular formula is C17H23N3. The molecular weight excluding hydrogens is 246 g/mol. The number of nitrogens with two attached hydrogens (primary N) is 1. The first-order valence-electron chi connectivity index (χ1n) is 7.19. The van der Waals surface area contributed by atoms with Crippen molar-refractivity contribution >= 4 is 0 Å². The van der Waals surface area contributed by atoms with E-state index in [0.29, 0.717) is 6.04 Å². The molecule has 0 amide bonds. The van der Waals surface area contributed by atoms with E-state index in [-0.39, 0.29) is 0 Å². The van der Waals surface area contributed by atoms with Crippen molar-refractivity contribution in [1.29, 1.82) is 0 Å². The lowest BCUT2D eigenvalue weighted by Gasteiger charge is -2.29. The predicted octanol–water partition coefficient (Wildman–Crippen LogP) is 2.99. The van der Waals surface area contributed by atoms with Crippen molar-refractivity contribution in [3.8, 4) is 0 Å². The first kappa shape index (κ1) is 14.7. The van der Waals surface area contributed by atoms with Gasteiger partial charge in [0.2, 0.25) is 0 Å². The third kappa shape index (κ3) is 4.15. The summed E-state index contributed by atoms with van der Waals surface area (Å²) < 4.78 is 0. The van der Waals surface area contributed by atoms with Gasteiger partial charge < -0.3 is 5.73 Å². The van der Waals surface area contributed by atoms with E-state index in [1.807, 2.05) is 12.4 Å². The summed E-state index contributed by atoms with van der Waals surface area (Å²) in [5.41, 5.74) is 8.31. The topological polar surface area (TPSA) is 42.2 Å². The first-order chi connectivity index (χ1) is 9.81. The Kier molecular flexibility index (Phi) is 5.71. The van der Waals surface area contributed by atoms with Gasteiger partial charge in [-0.2, -0.15) is 0 Å². The van der Waals surface area contributed by atoms with Crippen molar-refractivity contribution in [2.45, 2.75) is 25.9 Å². The third-order valence-electron chi connectivity index (χ3n) is 3.61. The Morgan fingerprint density at radius 1 is 1.10 bits per heavy atom. The molecule has 0 fully saturated rings. The van der Waals surface area contributed by atoms with Crippen molar-refractivity contribution in [2.75, 3.05) is 13.1 Å². The van der Waals surface area contributed by atoms with Gasteiger partial charge >= 0.3 is 0 Å². The van der Waals surface area contributed by atoms with Crippen LogP contribution in [0.4, 0.5) is 0 Å². The van der Waals surface area contributed by atoms with E-state index in [1.54, 1.807) is 0 Å². The Morgan fingerprint density at radius 3 is 2.45 bits per heavy atom. The molecule has 3 heteroatoms. The lowest BCUT2D eigenvalue weighted by Crippen LogP contribution is -2.29. The average Bonchev–Trinajstić information content (AvgIpc) is 2.52. The number of aromatic nitrogens is 1. The molecule has 3 nitrogen and oxygen atoms in total. The summed E-state index contributed by atoms with van der Waals surface area (Å²) in [7, 11) is 0. The zero-order valence-electron chi connectivity index (χ0n) is 12.1.